The lowest BCUT2D eigenvalue weighted by Crippen LogP contribution is -2.26. The lowest BCUT2D eigenvalue weighted by atomic mass is 10.1. The molecule has 0 spiro atoms. The number of hydrogen-bond donors (Lipinski definition) is 0. The van der Waals surface area contributed by atoms with Gasteiger partial charge in [0, 0.05) is 19.2 Å². The highest BCUT2D eigenvalue weighted by atomic mass is 32.2. The summed E-state index contributed by atoms with van der Waals surface area (Å²) in [4.78, 5) is 30.4. The van der Waals surface area contributed by atoms with Crippen LogP contribution in [0.3, 0.4) is 0 Å². The van der Waals surface area contributed by atoms with Crippen LogP contribution in [-0.2, 0) is 11.3 Å². The van der Waals surface area contributed by atoms with Crippen LogP contribution in [0.15, 0.2) is 52.4 Å². The lowest BCUT2D eigenvalue weighted by molar-refractivity contribution is 0.0743. The van der Waals surface area contributed by atoms with Crippen LogP contribution >= 0.6 is 11.8 Å². The maximum atomic E-state index is 14.1. The van der Waals surface area contributed by atoms with Crippen molar-refractivity contribution in [2.45, 2.75) is 50.2 Å². The third kappa shape index (κ3) is 5.57. The highest BCUT2D eigenvalue weighted by molar-refractivity contribution is 8.00. The van der Waals surface area contributed by atoms with Crippen LogP contribution in [0, 0.1) is 11.6 Å². The molecule has 0 bridgehead atoms. The first-order chi connectivity index (χ1) is 14.8. The number of Topliss-reactive ketones (excluding diaryl/α,β-unsaturated/α-hetero) is 1. The fourth-order valence-electron chi connectivity index (χ4n) is 3.10. The molecule has 0 saturated heterocycles. The number of hydrogen-bond acceptors (Lipinski definition) is 5. The summed E-state index contributed by atoms with van der Waals surface area (Å²) >= 11 is 1.08. The molecule has 1 atom stereocenters. The second-order valence-electron chi connectivity index (χ2n) is 7.39. The Labute approximate surface area is 183 Å². The molecule has 8 heteroatoms. The van der Waals surface area contributed by atoms with Gasteiger partial charge in [-0.2, -0.15) is 0 Å². The Morgan fingerprint density at radius 1 is 1.16 bits per heavy atom. The lowest BCUT2D eigenvalue weighted by Gasteiger charge is -2.16. The van der Waals surface area contributed by atoms with E-state index in [2.05, 4.69) is 4.98 Å². The van der Waals surface area contributed by atoms with Crippen molar-refractivity contribution in [3.63, 3.8) is 0 Å². The first-order valence-electron chi connectivity index (χ1n) is 10.0. The van der Waals surface area contributed by atoms with Crippen molar-refractivity contribution in [3.05, 3.63) is 70.0 Å². The smallest absolute Gasteiger partial charge is 0.262 e. The van der Waals surface area contributed by atoms with E-state index in [9.17, 15) is 18.4 Å². The number of rotatable bonds is 9. The molecule has 0 radical (unpaired) electrons. The molecular formula is C23H24F2N2O3S. The molecule has 3 rings (SSSR count). The van der Waals surface area contributed by atoms with Gasteiger partial charge in [-0.25, -0.2) is 13.8 Å². The Kier molecular flexibility index (Phi) is 7.56. The number of nitrogens with zero attached hydrogens (tertiary/aromatic N) is 2. The Bertz CT molecular complexity index is 1150. The molecule has 0 aliphatic carbocycles. The van der Waals surface area contributed by atoms with Crippen LogP contribution in [0.2, 0.25) is 0 Å². The van der Waals surface area contributed by atoms with E-state index in [1.807, 2.05) is 13.8 Å². The number of thioether (sulfide) groups is 1. The summed E-state index contributed by atoms with van der Waals surface area (Å²) < 4.78 is 34.3. The SMILES string of the molecule is CC(C)OCCCn1c(SC(C)C(=O)c2ccc(F)cc2F)nc2ccccc2c1=O. The molecule has 3 aromatic rings. The molecule has 0 saturated carbocycles. The second-order valence-corrected chi connectivity index (χ2v) is 8.70. The first-order valence-corrected chi connectivity index (χ1v) is 10.9. The van der Waals surface area contributed by atoms with Crippen LogP contribution in [0.1, 0.15) is 37.6 Å². The molecular weight excluding hydrogens is 422 g/mol. The molecule has 0 N–H and O–H groups in total. The normalized spacial score (nSPS) is 12.5. The number of aromatic nitrogens is 2. The van der Waals surface area contributed by atoms with Crippen LogP contribution < -0.4 is 5.56 Å². The summed E-state index contributed by atoms with van der Waals surface area (Å²) in [5, 5.41) is 0.128. The predicted molar refractivity (Wildman–Crippen MR) is 118 cm³/mol. The minimum absolute atomic E-state index is 0.0866. The summed E-state index contributed by atoms with van der Waals surface area (Å²) in [5.41, 5.74) is 0.129. The average molecular weight is 447 g/mol. The van der Waals surface area contributed by atoms with Crippen molar-refractivity contribution in [2.24, 2.45) is 0 Å². The molecule has 0 fully saturated rings. The maximum absolute atomic E-state index is 14.1. The Hall–Kier alpha value is -2.58. The molecule has 31 heavy (non-hydrogen) atoms. The van der Waals surface area contributed by atoms with E-state index in [1.165, 1.54) is 4.57 Å². The molecule has 1 unspecified atom stereocenters. The summed E-state index contributed by atoms with van der Waals surface area (Å²) in [7, 11) is 0. The maximum Gasteiger partial charge on any atom is 0.262 e. The van der Waals surface area contributed by atoms with Gasteiger partial charge in [-0.15, -0.1) is 0 Å². The number of ketones is 1. The van der Waals surface area contributed by atoms with Gasteiger partial charge in [0.25, 0.3) is 5.56 Å². The monoisotopic (exact) mass is 446 g/mol. The van der Waals surface area contributed by atoms with E-state index in [0.29, 0.717) is 41.7 Å². The van der Waals surface area contributed by atoms with Gasteiger partial charge >= 0.3 is 0 Å². The van der Waals surface area contributed by atoms with Crippen LogP contribution in [-0.4, -0.2) is 33.3 Å². The van der Waals surface area contributed by atoms with E-state index in [0.717, 1.165) is 23.9 Å². The van der Waals surface area contributed by atoms with Crippen molar-refractivity contribution < 1.29 is 18.3 Å². The zero-order valence-electron chi connectivity index (χ0n) is 17.6. The molecule has 1 aromatic heterocycles. The zero-order chi connectivity index (χ0) is 22.5. The van der Waals surface area contributed by atoms with Gasteiger partial charge in [0.05, 0.1) is 27.8 Å². The molecule has 2 aromatic carbocycles. The number of ether oxygens (including phenoxy) is 1. The zero-order valence-corrected chi connectivity index (χ0v) is 18.4. The number of para-hydroxylation sites is 1. The van der Waals surface area contributed by atoms with Gasteiger partial charge < -0.3 is 4.74 Å². The molecule has 1 heterocycles. The van der Waals surface area contributed by atoms with Crippen LogP contribution in [0.25, 0.3) is 10.9 Å². The predicted octanol–water partition coefficient (Wildman–Crippen LogP) is 4.85. The second kappa shape index (κ2) is 10.2. The standard InChI is InChI=1S/C23H24F2N2O3S/c1-14(2)30-12-6-11-27-22(29)18-7-4-5-8-20(18)26-23(27)31-15(3)21(28)17-10-9-16(24)13-19(17)25/h4-5,7-10,13-15H,6,11-12H2,1-3H3. The first kappa shape index (κ1) is 23.1. The number of carbonyl (C=O) groups excluding carboxylic acids is 1. The van der Waals surface area contributed by atoms with Crippen molar-refractivity contribution in [3.8, 4) is 0 Å². The number of halogens is 2. The van der Waals surface area contributed by atoms with Gasteiger partial charge in [-0.3, -0.25) is 14.2 Å². The van der Waals surface area contributed by atoms with Crippen molar-refractivity contribution >= 4 is 28.4 Å². The summed E-state index contributed by atoms with van der Waals surface area (Å²) in [6.45, 7) is 6.34. The highest BCUT2D eigenvalue weighted by Crippen LogP contribution is 2.26. The number of benzene rings is 2. The van der Waals surface area contributed by atoms with E-state index in [4.69, 9.17) is 4.74 Å². The Morgan fingerprint density at radius 2 is 1.90 bits per heavy atom. The quantitative estimate of drug-likeness (QED) is 0.203. The minimum atomic E-state index is -0.910. The van der Waals surface area contributed by atoms with E-state index < -0.39 is 22.7 Å². The molecule has 0 aliphatic rings. The van der Waals surface area contributed by atoms with Gasteiger partial charge in [0.1, 0.15) is 11.6 Å². The van der Waals surface area contributed by atoms with Crippen molar-refractivity contribution in [1.29, 1.82) is 0 Å². The van der Waals surface area contributed by atoms with Gasteiger partial charge in [0.2, 0.25) is 0 Å². The van der Waals surface area contributed by atoms with Crippen LogP contribution in [0.4, 0.5) is 8.78 Å². The van der Waals surface area contributed by atoms with Crippen LogP contribution in [0.5, 0.6) is 0 Å². The highest BCUT2D eigenvalue weighted by Gasteiger charge is 2.23. The van der Waals surface area contributed by atoms with Gasteiger partial charge in [-0.1, -0.05) is 23.9 Å². The fourth-order valence-corrected chi connectivity index (χ4v) is 4.10. The Balaban J connectivity index is 1.90. The largest absolute Gasteiger partial charge is 0.379 e. The van der Waals surface area contributed by atoms with E-state index in [1.54, 1.807) is 31.2 Å². The van der Waals surface area contributed by atoms with E-state index >= 15 is 0 Å². The molecule has 0 aliphatic heterocycles. The third-order valence-electron chi connectivity index (χ3n) is 4.65. The Morgan fingerprint density at radius 3 is 2.61 bits per heavy atom. The summed E-state index contributed by atoms with van der Waals surface area (Å²) in [5.74, 6) is -2.16. The van der Waals surface area contributed by atoms with Crippen molar-refractivity contribution in [2.75, 3.05) is 6.61 Å². The molecule has 5 nitrogen and oxygen atoms in total. The van der Waals surface area contributed by atoms with Gasteiger partial charge in [0.15, 0.2) is 10.9 Å². The fraction of sp³-hybridized carbons (Fsp3) is 0.348. The summed E-state index contributed by atoms with van der Waals surface area (Å²) in [6, 6.07) is 9.87. The average Bonchev–Trinajstić information content (AvgIpc) is 2.72. The van der Waals surface area contributed by atoms with Crippen molar-refractivity contribution in [1.82, 2.24) is 9.55 Å². The molecule has 164 valence electrons. The minimum Gasteiger partial charge on any atom is -0.379 e. The topological polar surface area (TPSA) is 61.2 Å². The number of carbonyl (C=O) groups is 1. The van der Waals surface area contributed by atoms with E-state index in [-0.39, 0.29) is 17.2 Å². The summed E-state index contributed by atoms with van der Waals surface area (Å²) in [6.07, 6.45) is 0.684. The number of fused-ring (bicyclic) bond motifs is 1. The van der Waals surface area contributed by atoms with Gasteiger partial charge in [-0.05, 0) is 51.5 Å². The third-order valence-corrected chi connectivity index (χ3v) is 5.74. The molecule has 0 amide bonds.